The molecule has 0 atom stereocenters. The molecule has 0 saturated carbocycles. The van der Waals surface area contributed by atoms with Crippen LogP contribution in [0.25, 0.3) is 11.3 Å². The molecule has 0 N–H and O–H groups in total. The Balaban J connectivity index is 1.98. The number of amides is 1. The maximum atomic E-state index is 12.4. The summed E-state index contributed by atoms with van der Waals surface area (Å²) in [6, 6.07) is 17.1. The molecule has 0 unspecified atom stereocenters. The predicted octanol–water partition coefficient (Wildman–Crippen LogP) is 4.20. The zero-order valence-corrected chi connectivity index (χ0v) is 15.3. The first kappa shape index (κ1) is 17.2. The third-order valence-corrected chi connectivity index (χ3v) is 4.90. The molecule has 0 bridgehead atoms. The summed E-state index contributed by atoms with van der Waals surface area (Å²) < 4.78 is 7.47. The summed E-state index contributed by atoms with van der Waals surface area (Å²) >= 11 is 1.52. The van der Waals surface area contributed by atoms with Crippen molar-refractivity contribution in [1.82, 2.24) is 4.57 Å². The van der Waals surface area contributed by atoms with E-state index in [1.165, 1.54) is 11.3 Å². The van der Waals surface area contributed by atoms with E-state index in [1.807, 2.05) is 67.9 Å². The number of aryl methyl sites for hydroxylation is 1. The van der Waals surface area contributed by atoms with E-state index in [1.54, 1.807) is 12.1 Å². The molecule has 2 aromatic carbocycles. The van der Waals surface area contributed by atoms with Crippen LogP contribution in [-0.2, 0) is 7.05 Å². The number of hydrogen-bond acceptors (Lipinski definition) is 3. The average Bonchev–Trinajstić information content (AvgIpc) is 2.90. The molecule has 0 saturated heterocycles. The number of carbonyl (C=O) groups is 1. The lowest BCUT2D eigenvalue weighted by Crippen LogP contribution is -2.14. The highest BCUT2D eigenvalue weighted by atomic mass is 32.1. The number of aromatic nitrogens is 1. The van der Waals surface area contributed by atoms with Gasteiger partial charge in [0.2, 0.25) is 0 Å². The van der Waals surface area contributed by atoms with Crippen molar-refractivity contribution in [2.45, 2.75) is 13.8 Å². The Morgan fingerprint density at radius 2 is 1.80 bits per heavy atom. The summed E-state index contributed by atoms with van der Waals surface area (Å²) in [5, 5.41) is 0. The number of rotatable bonds is 4. The molecule has 0 aliphatic rings. The maximum absolute atomic E-state index is 12.4. The lowest BCUT2D eigenvalue weighted by atomic mass is 10.1. The van der Waals surface area contributed by atoms with Crippen molar-refractivity contribution in [1.29, 1.82) is 0 Å². The minimum Gasteiger partial charge on any atom is -0.494 e. The van der Waals surface area contributed by atoms with Crippen molar-refractivity contribution >= 4 is 17.2 Å². The second-order valence-electron chi connectivity index (χ2n) is 5.59. The van der Waals surface area contributed by atoms with Gasteiger partial charge < -0.3 is 9.30 Å². The molecule has 0 radical (unpaired) electrons. The van der Waals surface area contributed by atoms with E-state index in [4.69, 9.17) is 4.74 Å². The molecule has 3 aromatic rings. The Labute approximate surface area is 151 Å². The van der Waals surface area contributed by atoms with Crippen molar-refractivity contribution in [3.05, 3.63) is 69.8 Å². The first-order chi connectivity index (χ1) is 12.1. The second kappa shape index (κ2) is 7.49. The van der Waals surface area contributed by atoms with Gasteiger partial charge in [0, 0.05) is 17.5 Å². The Kier molecular flexibility index (Phi) is 5.14. The average molecular weight is 352 g/mol. The maximum Gasteiger partial charge on any atom is 0.279 e. The van der Waals surface area contributed by atoms with Crippen molar-refractivity contribution < 1.29 is 9.53 Å². The smallest absolute Gasteiger partial charge is 0.279 e. The highest BCUT2D eigenvalue weighted by molar-refractivity contribution is 7.09. The SMILES string of the molecule is CCOc1ccc(-c2c(C)sc(=NC(=O)c3ccccc3)n2C)cc1. The van der Waals surface area contributed by atoms with Crippen molar-refractivity contribution in [3.8, 4) is 17.0 Å². The quantitative estimate of drug-likeness (QED) is 0.706. The van der Waals surface area contributed by atoms with Crippen LogP contribution in [0.5, 0.6) is 5.75 Å². The van der Waals surface area contributed by atoms with Gasteiger partial charge in [0.15, 0.2) is 4.80 Å². The van der Waals surface area contributed by atoms with E-state index in [-0.39, 0.29) is 5.91 Å². The molecule has 1 heterocycles. The van der Waals surface area contributed by atoms with Crippen molar-refractivity contribution in [3.63, 3.8) is 0 Å². The molecular weight excluding hydrogens is 332 g/mol. The van der Waals surface area contributed by atoms with Crippen molar-refractivity contribution in [2.75, 3.05) is 6.61 Å². The Morgan fingerprint density at radius 1 is 1.12 bits per heavy atom. The number of thiazole rings is 1. The number of nitrogens with zero attached hydrogens (tertiary/aromatic N) is 2. The monoisotopic (exact) mass is 352 g/mol. The Hall–Kier alpha value is -2.66. The molecule has 0 aliphatic carbocycles. The van der Waals surface area contributed by atoms with E-state index >= 15 is 0 Å². The number of ether oxygens (including phenoxy) is 1. The van der Waals surface area contributed by atoms with Gasteiger partial charge in [-0.3, -0.25) is 4.79 Å². The zero-order valence-electron chi connectivity index (χ0n) is 14.5. The molecule has 1 amide bonds. The van der Waals surface area contributed by atoms with Crippen molar-refractivity contribution in [2.24, 2.45) is 12.0 Å². The van der Waals surface area contributed by atoms with Crippen LogP contribution in [0.4, 0.5) is 0 Å². The van der Waals surface area contributed by atoms with Gasteiger partial charge in [0.25, 0.3) is 5.91 Å². The first-order valence-corrected chi connectivity index (χ1v) is 8.95. The summed E-state index contributed by atoms with van der Waals surface area (Å²) in [5.74, 6) is 0.627. The highest BCUT2D eigenvalue weighted by Crippen LogP contribution is 2.26. The minimum atomic E-state index is -0.226. The Morgan fingerprint density at radius 3 is 2.44 bits per heavy atom. The number of benzene rings is 2. The first-order valence-electron chi connectivity index (χ1n) is 8.14. The van der Waals surface area contributed by atoms with Crippen LogP contribution in [0.3, 0.4) is 0 Å². The van der Waals surface area contributed by atoms with Crippen LogP contribution in [0.2, 0.25) is 0 Å². The molecule has 0 aliphatic heterocycles. The molecule has 0 spiro atoms. The van der Waals surface area contributed by atoms with Crippen LogP contribution < -0.4 is 9.54 Å². The standard InChI is InChI=1S/C20H20N2O2S/c1-4-24-17-12-10-15(11-13-17)18-14(2)25-20(22(18)3)21-19(23)16-8-6-5-7-9-16/h5-13H,4H2,1-3H3. The van der Waals surface area contributed by atoms with E-state index in [0.29, 0.717) is 17.0 Å². The second-order valence-corrected chi connectivity index (χ2v) is 6.77. The van der Waals surface area contributed by atoms with E-state index in [9.17, 15) is 4.79 Å². The summed E-state index contributed by atoms with van der Waals surface area (Å²) in [6.07, 6.45) is 0. The van der Waals surface area contributed by atoms with Crippen LogP contribution in [0.15, 0.2) is 59.6 Å². The zero-order chi connectivity index (χ0) is 17.8. The summed E-state index contributed by atoms with van der Waals surface area (Å²) in [6.45, 7) is 4.66. The van der Waals surface area contributed by atoms with Gasteiger partial charge in [-0.2, -0.15) is 4.99 Å². The minimum absolute atomic E-state index is 0.226. The van der Waals surface area contributed by atoms with Crippen LogP contribution in [-0.4, -0.2) is 17.1 Å². The number of hydrogen-bond donors (Lipinski definition) is 0. The van der Waals surface area contributed by atoms with E-state index in [2.05, 4.69) is 4.99 Å². The van der Waals surface area contributed by atoms with Gasteiger partial charge in [0.05, 0.1) is 12.3 Å². The normalized spacial score (nSPS) is 11.6. The largest absolute Gasteiger partial charge is 0.494 e. The lowest BCUT2D eigenvalue weighted by molar-refractivity contribution is 0.0998. The molecule has 128 valence electrons. The highest BCUT2D eigenvalue weighted by Gasteiger charge is 2.11. The van der Waals surface area contributed by atoms with E-state index < -0.39 is 0 Å². The summed E-state index contributed by atoms with van der Waals surface area (Å²) in [5.41, 5.74) is 2.73. The fourth-order valence-electron chi connectivity index (χ4n) is 2.69. The third kappa shape index (κ3) is 3.72. The fourth-order valence-corrected chi connectivity index (χ4v) is 3.67. The summed E-state index contributed by atoms with van der Waals surface area (Å²) in [7, 11) is 1.94. The third-order valence-electron chi connectivity index (χ3n) is 3.86. The molecule has 3 rings (SSSR count). The Bertz CT molecular complexity index is 938. The van der Waals surface area contributed by atoms with Crippen LogP contribution >= 0.6 is 11.3 Å². The lowest BCUT2D eigenvalue weighted by Gasteiger charge is -2.07. The fraction of sp³-hybridized carbons (Fsp3) is 0.200. The van der Waals surface area contributed by atoms with Gasteiger partial charge >= 0.3 is 0 Å². The van der Waals surface area contributed by atoms with Crippen LogP contribution in [0.1, 0.15) is 22.2 Å². The topological polar surface area (TPSA) is 43.6 Å². The molecule has 1 aromatic heterocycles. The predicted molar refractivity (Wildman–Crippen MR) is 101 cm³/mol. The molecule has 4 nitrogen and oxygen atoms in total. The number of carbonyl (C=O) groups excluding carboxylic acids is 1. The van der Waals surface area contributed by atoms with Gasteiger partial charge in [-0.05, 0) is 55.8 Å². The van der Waals surface area contributed by atoms with Crippen LogP contribution in [0, 0.1) is 6.92 Å². The molecule has 5 heteroatoms. The molecule has 0 fully saturated rings. The summed E-state index contributed by atoms with van der Waals surface area (Å²) in [4.78, 5) is 18.5. The van der Waals surface area contributed by atoms with Gasteiger partial charge in [-0.25, -0.2) is 0 Å². The molecule has 25 heavy (non-hydrogen) atoms. The van der Waals surface area contributed by atoms with Gasteiger partial charge in [0.1, 0.15) is 5.75 Å². The van der Waals surface area contributed by atoms with E-state index in [0.717, 1.165) is 21.9 Å². The van der Waals surface area contributed by atoms with Gasteiger partial charge in [-0.1, -0.05) is 18.2 Å². The molecular formula is C20H20N2O2S. The van der Waals surface area contributed by atoms with Gasteiger partial charge in [-0.15, -0.1) is 11.3 Å².